The quantitative estimate of drug-likeness (QED) is 0.671. The number of carboxylic acids is 2. The molecule has 1 aliphatic heterocycles. The van der Waals surface area contributed by atoms with Crippen molar-refractivity contribution in [1.29, 1.82) is 0 Å². The molecule has 0 aromatic heterocycles. The predicted molar refractivity (Wildman–Crippen MR) is 49.3 cm³/mol. The number of piperidine rings is 1. The van der Waals surface area contributed by atoms with Gasteiger partial charge in [0.15, 0.2) is 0 Å². The molecule has 0 bridgehead atoms. The summed E-state index contributed by atoms with van der Waals surface area (Å²) in [5.74, 6) is -1.52. The van der Waals surface area contributed by atoms with E-state index in [1.807, 2.05) is 0 Å². The second-order valence-corrected chi connectivity index (χ2v) is 4.05. The highest BCUT2D eigenvalue weighted by Crippen LogP contribution is 2.50. The number of hydrogen-bond donors (Lipinski definition) is 3. The van der Waals surface area contributed by atoms with Crippen LogP contribution in [0.5, 0.6) is 0 Å². The van der Waals surface area contributed by atoms with Crippen molar-refractivity contribution in [2.24, 2.45) is 17.8 Å². The molecule has 0 radical (unpaired) electrons. The van der Waals surface area contributed by atoms with Gasteiger partial charge in [0.05, 0.1) is 0 Å². The minimum Gasteiger partial charge on any atom is -0.481 e. The first-order chi connectivity index (χ1) is 7.73. The summed E-state index contributed by atoms with van der Waals surface area (Å²) in [6, 6.07) is 0. The third kappa shape index (κ3) is 3.88. The van der Waals surface area contributed by atoms with Gasteiger partial charge in [0.2, 0.25) is 0 Å². The van der Waals surface area contributed by atoms with E-state index < -0.39 is 18.1 Å². The highest BCUT2D eigenvalue weighted by molar-refractivity contribution is 5.73. The van der Waals surface area contributed by atoms with Crippen LogP contribution in [0.25, 0.3) is 0 Å². The van der Waals surface area contributed by atoms with Gasteiger partial charge in [-0.1, -0.05) is 0 Å². The third-order valence-electron chi connectivity index (χ3n) is 2.92. The van der Waals surface area contributed by atoms with Crippen LogP contribution in [0.1, 0.15) is 6.42 Å². The Kier molecular flexibility index (Phi) is 3.97. The van der Waals surface area contributed by atoms with Gasteiger partial charge in [0, 0.05) is 6.42 Å². The molecule has 1 heterocycles. The fraction of sp³-hybridized carbons (Fsp3) is 0.778. The standard InChI is InChI=1S/C7H11NO2.C2HF3O2/c9-7(10)1-4-5-2-8-3-6(4)5;3-2(4,5)1(6)7/h4-6,8H,1-3H2,(H,9,10);(H,6,7)/t4?,5-,6+;. The average Bonchev–Trinajstić information content (AvgIpc) is 2.59. The number of carbonyl (C=O) groups is 2. The van der Waals surface area contributed by atoms with Crippen molar-refractivity contribution < 1.29 is 33.0 Å². The summed E-state index contributed by atoms with van der Waals surface area (Å²) >= 11 is 0. The molecule has 1 unspecified atom stereocenters. The Balaban J connectivity index is 0.000000185. The van der Waals surface area contributed by atoms with Crippen molar-refractivity contribution in [3.8, 4) is 0 Å². The molecule has 0 amide bonds. The number of halogens is 3. The van der Waals surface area contributed by atoms with E-state index in [9.17, 15) is 18.0 Å². The van der Waals surface area contributed by atoms with Crippen LogP contribution in [-0.2, 0) is 9.59 Å². The molecule has 0 aromatic carbocycles. The van der Waals surface area contributed by atoms with Gasteiger partial charge in [-0.15, -0.1) is 0 Å². The zero-order valence-electron chi connectivity index (χ0n) is 8.70. The van der Waals surface area contributed by atoms with E-state index in [1.165, 1.54) is 0 Å². The van der Waals surface area contributed by atoms with Crippen molar-refractivity contribution in [1.82, 2.24) is 5.32 Å². The van der Waals surface area contributed by atoms with E-state index in [0.717, 1.165) is 13.1 Å². The lowest BCUT2D eigenvalue weighted by atomic mass is 10.2. The molecule has 0 spiro atoms. The topological polar surface area (TPSA) is 86.6 Å². The number of rotatable bonds is 2. The van der Waals surface area contributed by atoms with Crippen LogP contribution >= 0.6 is 0 Å². The summed E-state index contributed by atoms with van der Waals surface area (Å²) in [6.45, 7) is 2.09. The van der Waals surface area contributed by atoms with Crippen LogP contribution in [0, 0.1) is 17.8 Å². The summed E-state index contributed by atoms with van der Waals surface area (Å²) in [5.41, 5.74) is 0. The molecule has 8 heteroatoms. The van der Waals surface area contributed by atoms with Crippen molar-refractivity contribution >= 4 is 11.9 Å². The highest BCUT2D eigenvalue weighted by atomic mass is 19.4. The summed E-state index contributed by atoms with van der Waals surface area (Å²) < 4.78 is 31.7. The maximum Gasteiger partial charge on any atom is 0.490 e. The molecule has 3 N–H and O–H groups in total. The average molecular weight is 255 g/mol. The number of alkyl halides is 3. The smallest absolute Gasteiger partial charge is 0.481 e. The van der Waals surface area contributed by atoms with E-state index in [0.29, 0.717) is 24.2 Å². The van der Waals surface area contributed by atoms with Crippen LogP contribution in [0.2, 0.25) is 0 Å². The molecule has 1 aliphatic carbocycles. The van der Waals surface area contributed by atoms with E-state index in [2.05, 4.69) is 5.32 Å². The van der Waals surface area contributed by atoms with Gasteiger partial charge in [0.1, 0.15) is 0 Å². The first-order valence-corrected chi connectivity index (χ1v) is 4.96. The predicted octanol–water partition coefficient (Wildman–Crippen LogP) is 0.560. The Morgan fingerprint density at radius 2 is 1.59 bits per heavy atom. The summed E-state index contributed by atoms with van der Waals surface area (Å²) in [6.07, 6.45) is -4.70. The fourth-order valence-electron chi connectivity index (χ4n) is 2.05. The Labute approximate surface area is 94.6 Å². The summed E-state index contributed by atoms with van der Waals surface area (Å²) in [5, 5.41) is 18.8. The minimum absolute atomic E-state index is 0.386. The molecule has 17 heavy (non-hydrogen) atoms. The number of carboxylic acid groups (broad SMARTS) is 2. The third-order valence-corrected chi connectivity index (χ3v) is 2.92. The molecule has 2 fully saturated rings. The van der Waals surface area contributed by atoms with E-state index in [1.54, 1.807) is 0 Å². The van der Waals surface area contributed by atoms with Gasteiger partial charge in [-0.05, 0) is 30.8 Å². The molecule has 3 atom stereocenters. The first-order valence-electron chi connectivity index (χ1n) is 4.96. The lowest BCUT2D eigenvalue weighted by molar-refractivity contribution is -0.192. The summed E-state index contributed by atoms with van der Waals surface area (Å²) in [4.78, 5) is 19.2. The Morgan fingerprint density at radius 3 is 1.88 bits per heavy atom. The molecule has 98 valence electrons. The maximum absolute atomic E-state index is 10.6. The zero-order valence-corrected chi connectivity index (χ0v) is 8.70. The number of hydrogen-bond acceptors (Lipinski definition) is 3. The van der Waals surface area contributed by atoms with Gasteiger partial charge >= 0.3 is 18.1 Å². The van der Waals surface area contributed by atoms with Gasteiger partial charge in [-0.25, -0.2) is 4.79 Å². The molecular formula is C9H12F3NO4. The van der Waals surface area contributed by atoms with Crippen molar-refractivity contribution in [2.75, 3.05) is 13.1 Å². The first kappa shape index (κ1) is 13.8. The molecule has 2 aliphatic rings. The van der Waals surface area contributed by atoms with Crippen molar-refractivity contribution in [3.63, 3.8) is 0 Å². The molecule has 2 rings (SSSR count). The highest BCUT2D eigenvalue weighted by Gasteiger charge is 2.53. The number of aliphatic carboxylic acids is 2. The maximum atomic E-state index is 10.6. The normalized spacial score (nSPS) is 29.9. The Hall–Kier alpha value is -1.31. The number of nitrogens with one attached hydrogen (secondary N) is 1. The van der Waals surface area contributed by atoms with Crippen LogP contribution < -0.4 is 5.32 Å². The van der Waals surface area contributed by atoms with E-state index in [-0.39, 0.29) is 0 Å². The second-order valence-electron chi connectivity index (χ2n) is 4.05. The van der Waals surface area contributed by atoms with Crippen LogP contribution in [0.15, 0.2) is 0 Å². The van der Waals surface area contributed by atoms with E-state index >= 15 is 0 Å². The largest absolute Gasteiger partial charge is 0.490 e. The fourth-order valence-corrected chi connectivity index (χ4v) is 2.05. The monoisotopic (exact) mass is 255 g/mol. The van der Waals surface area contributed by atoms with Gasteiger partial charge in [0.25, 0.3) is 0 Å². The van der Waals surface area contributed by atoms with E-state index in [4.69, 9.17) is 15.0 Å². The van der Waals surface area contributed by atoms with Crippen molar-refractivity contribution in [3.05, 3.63) is 0 Å². The Bertz CT molecular complexity index is 308. The minimum atomic E-state index is -5.08. The molecule has 1 saturated heterocycles. The number of fused-ring (bicyclic) bond motifs is 1. The van der Waals surface area contributed by atoms with Crippen LogP contribution in [0.4, 0.5) is 13.2 Å². The SMILES string of the molecule is O=C(O)C(F)(F)F.O=C(O)CC1[C@H]2CNC[C@@H]12. The Morgan fingerprint density at radius 1 is 1.18 bits per heavy atom. The molecule has 1 saturated carbocycles. The van der Waals surface area contributed by atoms with Crippen LogP contribution in [0.3, 0.4) is 0 Å². The second kappa shape index (κ2) is 4.91. The van der Waals surface area contributed by atoms with Crippen molar-refractivity contribution in [2.45, 2.75) is 12.6 Å². The lowest BCUT2D eigenvalue weighted by Crippen LogP contribution is -2.21. The zero-order chi connectivity index (χ0) is 13.2. The summed E-state index contributed by atoms with van der Waals surface area (Å²) in [7, 11) is 0. The molecule has 0 aromatic rings. The van der Waals surface area contributed by atoms with Crippen LogP contribution in [-0.4, -0.2) is 41.4 Å². The molecule has 5 nitrogen and oxygen atoms in total. The lowest BCUT2D eigenvalue weighted by Gasteiger charge is -1.98. The molecular weight excluding hydrogens is 243 g/mol. The van der Waals surface area contributed by atoms with Gasteiger partial charge < -0.3 is 15.5 Å². The van der Waals surface area contributed by atoms with Gasteiger partial charge in [-0.3, -0.25) is 4.79 Å². The van der Waals surface area contributed by atoms with Gasteiger partial charge in [-0.2, -0.15) is 13.2 Å².